The third-order valence-electron chi connectivity index (χ3n) is 4.04. The zero-order valence-electron chi connectivity index (χ0n) is 14.6. The summed E-state index contributed by atoms with van der Waals surface area (Å²) >= 11 is 1.21. The third kappa shape index (κ3) is 5.36. The molecular formula is C19H23N3O2S. The molecule has 0 spiro atoms. The van der Waals surface area contributed by atoms with Crippen LogP contribution in [0.2, 0.25) is 0 Å². The SMILES string of the molecule is CCCCNC(=O)CSC1=C(C#N)[C@@H](c2ccc(C)cc2)CC(=O)N1. The van der Waals surface area contributed by atoms with E-state index in [1.807, 2.05) is 31.2 Å². The predicted octanol–water partition coefficient (Wildman–Crippen LogP) is 2.98. The van der Waals surface area contributed by atoms with Crippen LogP contribution in [0.5, 0.6) is 0 Å². The zero-order valence-corrected chi connectivity index (χ0v) is 15.4. The Labute approximate surface area is 152 Å². The average molecular weight is 357 g/mol. The molecular weight excluding hydrogens is 334 g/mol. The number of thioether (sulfide) groups is 1. The Hall–Kier alpha value is -2.26. The molecule has 0 unspecified atom stereocenters. The molecule has 6 heteroatoms. The maximum atomic E-state index is 12.1. The summed E-state index contributed by atoms with van der Waals surface area (Å²) in [7, 11) is 0. The number of nitrogens with one attached hydrogen (secondary N) is 2. The highest BCUT2D eigenvalue weighted by atomic mass is 32.2. The molecule has 25 heavy (non-hydrogen) atoms. The van der Waals surface area contributed by atoms with Crippen LogP contribution in [-0.4, -0.2) is 24.1 Å². The highest BCUT2D eigenvalue weighted by molar-refractivity contribution is 8.03. The molecule has 1 atom stereocenters. The third-order valence-corrected chi connectivity index (χ3v) is 5.05. The van der Waals surface area contributed by atoms with Gasteiger partial charge in [0.2, 0.25) is 11.8 Å². The number of aryl methyl sites for hydroxylation is 1. The first kappa shape index (κ1) is 19.1. The average Bonchev–Trinajstić information content (AvgIpc) is 2.60. The smallest absolute Gasteiger partial charge is 0.230 e. The van der Waals surface area contributed by atoms with Gasteiger partial charge >= 0.3 is 0 Å². The van der Waals surface area contributed by atoms with Crippen molar-refractivity contribution in [3.63, 3.8) is 0 Å². The number of amides is 2. The van der Waals surface area contributed by atoms with Crippen LogP contribution in [0, 0.1) is 18.3 Å². The number of benzene rings is 1. The highest BCUT2D eigenvalue weighted by Crippen LogP contribution is 2.35. The number of carbonyl (C=O) groups is 2. The second-order valence-corrected chi connectivity index (χ2v) is 7.05. The Balaban J connectivity index is 2.13. The lowest BCUT2D eigenvalue weighted by atomic mass is 9.87. The lowest BCUT2D eigenvalue weighted by molar-refractivity contribution is -0.121. The van der Waals surface area contributed by atoms with Crippen molar-refractivity contribution < 1.29 is 9.59 Å². The van der Waals surface area contributed by atoms with Gasteiger partial charge in [-0.2, -0.15) is 5.26 Å². The van der Waals surface area contributed by atoms with Crippen molar-refractivity contribution in [3.8, 4) is 6.07 Å². The fraction of sp³-hybridized carbons (Fsp3) is 0.421. The summed E-state index contributed by atoms with van der Waals surface area (Å²) in [5, 5.41) is 15.7. The summed E-state index contributed by atoms with van der Waals surface area (Å²) < 4.78 is 0. The molecule has 2 rings (SSSR count). The van der Waals surface area contributed by atoms with Gasteiger partial charge in [0, 0.05) is 18.9 Å². The first-order valence-corrected chi connectivity index (χ1v) is 9.43. The molecule has 0 fully saturated rings. The Morgan fingerprint density at radius 1 is 1.40 bits per heavy atom. The van der Waals surface area contributed by atoms with Crippen molar-refractivity contribution in [3.05, 3.63) is 46.0 Å². The van der Waals surface area contributed by atoms with Crippen LogP contribution in [0.25, 0.3) is 0 Å². The second kappa shape index (κ2) is 9.28. The van der Waals surface area contributed by atoms with E-state index in [2.05, 4.69) is 23.6 Å². The van der Waals surface area contributed by atoms with Gasteiger partial charge in [-0.3, -0.25) is 9.59 Å². The number of hydrogen-bond acceptors (Lipinski definition) is 4. The van der Waals surface area contributed by atoms with Gasteiger partial charge in [0.05, 0.1) is 22.4 Å². The van der Waals surface area contributed by atoms with Gasteiger partial charge in [0.15, 0.2) is 0 Å². The Morgan fingerprint density at radius 3 is 2.76 bits per heavy atom. The lowest BCUT2D eigenvalue weighted by Gasteiger charge is -2.25. The van der Waals surface area contributed by atoms with Gasteiger partial charge in [0.1, 0.15) is 0 Å². The minimum Gasteiger partial charge on any atom is -0.355 e. The highest BCUT2D eigenvalue weighted by Gasteiger charge is 2.29. The number of rotatable bonds is 7. The number of hydrogen-bond donors (Lipinski definition) is 2. The van der Waals surface area contributed by atoms with Gasteiger partial charge in [-0.1, -0.05) is 54.9 Å². The van der Waals surface area contributed by atoms with E-state index < -0.39 is 0 Å². The summed E-state index contributed by atoms with van der Waals surface area (Å²) in [6.07, 6.45) is 2.21. The van der Waals surface area contributed by atoms with Crippen molar-refractivity contribution in [2.45, 2.75) is 39.0 Å². The second-order valence-electron chi connectivity index (χ2n) is 6.06. The van der Waals surface area contributed by atoms with E-state index in [1.165, 1.54) is 11.8 Å². The monoisotopic (exact) mass is 357 g/mol. The summed E-state index contributed by atoms with van der Waals surface area (Å²) in [4.78, 5) is 23.9. The largest absolute Gasteiger partial charge is 0.355 e. The quantitative estimate of drug-likeness (QED) is 0.735. The molecule has 0 saturated heterocycles. The van der Waals surface area contributed by atoms with Gasteiger partial charge < -0.3 is 10.6 Å². The Kier molecular flexibility index (Phi) is 7.08. The predicted molar refractivity (Wildman–Crippen MR) is 99.7 cm³/mol. The van der Waals surface area contributed by atoms with Gasteiger partial charge in [-0.25, -0.2) is 0 Å². The van der Waals surface area contributed by atoms with E-state index in [4.69, 9.17) is 0 Å². The van der Waals surface area contributed by atoms with E-state index in [9.17, 15) is 14.9 Å². The first-order valence-electron chi connectivity index (χ1n) is 8.45. The van der Waals surface area contributed by atoms with Gasteiger partial charge in [-0.05, 0) is 18.9 Å². The van der Waals surface area contributed by atoms with E-state index in [0.717, 1.165) is 24.0 Å². The summed E-state index contributed by atoms with van der Waals surface area (Å²) in [6, 6.07) is 10.1. The number of allylic oxidation sites excluding steroid dienone is 1. The molecule has 2 N–H and O–H groups in total. The van der Waals surface area contributed by atoms with Crippen molar-refractivity contribution >= 4 is 23.6 Å². The molecule has 2 amide bonds. The van der Waals surface area contributed by atoms with Crippen molar-refractivity contribution in [1.82, 2.24) is 10.6 Å². The lowest BCUT2D eigenvalue weighted by Crippen LogP contribution is -2.32. The van der Waals surface area contributed by atoms with Crippen LogP contribution >= 0.6 is 11.8 Å². The molecule has 0 radical (unpaired) electrons. The molecule has 1 aromatic rings. The van der Waals surface area contributed by atoms with Crippen molar-refractivity contribution in [2.75, 3.05) is 12.3 Å². The number of nitriles is 1. The Morgan fingerprint density at radius 2 is 2.12 bits per heavy atom. The van der Waals surface area contributed by atoms with Gasteiger partial charge in [-0.15, -0.1) is 0 Å². The molecule has 0 saturated carbocycles. The summed E-state index contributed by atoms with van der Waals surface area (Å²) in [5.74, 6) is -0.288. The molecule has 1 aliphatic rings. The van der Waals surface area contributed by atoms with E-state index in [0.29, 0.717) is 17.1 Å². The maximum Gasteiger partial charge on any atom is 0.230 e. The summed E-state index contributed by atoms with van der Waals surface area (Å²) in [6.45, 7) is 4.71. The minimum absolute atomic E-state index is 0.0880. The summed E-state index contributed by atoms with van der Waals surface area (Å²) in [5.41, 5.74) is 2.60. The van der Waals surface area contributed by atoms with E-state index in [-0.39, 0.29) is 29.9 Å². The number of carbonyl (C=O) groups excluding carboxylic acids is 2. The van der Waals surface area contributed by atoms with E-state index >= 15 is 0 Å². The molecule has 0 bridgehead atoms. The van der Waals surface area contributed by atoms with Crippen molar-refractivity contribution in [2.24, 2.45) is 0 Å². The molecule has 5 nitrogen and oxygen atoms in total. The standard InChI is InChI=1S/C19H23N3O2S/c1-3-4-9-21-18(24)12-25-19-16(11-20)15(10-17(23)22-19)14-7-5-13(2)6-8-14/h5-8,15H,3-4,9-10,12H2,1-2H3,(H,21,24)(H,22,23)/t15-/m1/s1. The number of unbranched alkanes of at least 4 members (excludes halogenated alkanes) is 1. The molecule has 1 aromatic carbocycles. The van der Waals surface area contributed by atoms with Gasteiger partial charge in [0.25, 0.3) is 0 Å². The van der Waals surface area contributed by atoms with Crippen LogP contribution in [0.1, 0.15) is 43.2 Å². The topological polar surface area (TPSA) is 82.0 Å². The van der Waals surface area contributed by atoms with Crippen molar-refractivity contribution in [1.29, 1.82) is 5.26 Å². The van der Waals surface area contributed by atoms with E-state index in [1.54, 1.807) is 0 Å². The molecule has 0 aromatic heterocycles. The molecule has 1 heterocycles. The fourth-order valence-corrected chi connectivity index (χ4v) is 3.52. The normalized spacial score (nSPS) is 17.0. The molecule has 0 aliphatic carbocycles. The van der Waals surface area contributed by atoms with Crippen LogP contribution in [-0.2, 0) is 9.59 Å². The molecule has 1 aliphatic heterocycles. The minimum atomic E-state index is -0.259. The molecule has 132 valence electrons. The first-order chi connectivity index (χ1) is 12.0. The van der Waals surface area contributed by atoms with Crippen LogP contribution < -0.4 is 10.6 Å². The zero-order chi connectivity index (χ0) is 18.2. The number of nitrogens with zero attached hydrogens (tertiary/aromatic N) is 1. The maximum absolute atomic E-state index is 12.1. The Bertz CT molecular complexity index is 704. The van der Waals surface area contributed by atoms with Crippen LogP contribution in [0.15, 0.2) is 34.9 Å². The fourth-order valence-electron chi connectivity index (χ4n) is 2.61. The van der Waals surface area contributed by atoms with Crippen LogP contribution in [0.4, 0.5) is 0 Å². The van der Waals surface area contributed by atoms with Crippen LogP contribution in [0.3, 0.4) is 0 Å².